The quantitative estimate of drug-likeness (QED) is 0.560. The van der Waals surface area contributed by atoms with Crippen molar-refractivity contribution < 1.29 is 32.5 Å². The van der Waals surface area contributed by atoms with Gasteiger partial charge in [-0.15, -0.1) is 0 Å². The van der Waals surface area contributed by atoms with E-state index in [4.69, 9.17) is 9.47 Å². The standard InChI is InChI=1S/C23H27F3N4O4/c1-12-14(4-3-5-17(12)23(24,25)26)11-27-21-20(22-33-6-7-34-22)18(28-13(2)29-21)10-19(32)30-15-8-16(31)9-15/h3-5,15-16,22,31H,6-11H2,1-2H3,(H,30,32)(H,27,28,29). The SMILES string of the molecule is Cc1nc(CC(=O)NC2CC(O)C2)c(C2OCCO2)c(NCc2cccc(C(F)(F)F)c2C)n1. The molecule has 1 aromatic heterocycles. The van der Waals surface area contributed by atoms with Gasteiger partial charge in [0.25, 0.3) is 0 Å². The Morgan fingerprint density at radius 2 is 1.88 bits per heavy atom. The molecule has 0 spiro atoms. The minimum atomic E-state index is -4.45. The zero-order chi connectivity index (χ0) is 24.5. The number of aryl methyl sites for hydroxylation is 1. The largest absolute Gasteiger partial charge is 0.416 e. The second-order valence-electron chi connectivity index (χ2n) is 8.56. The lowest BCUT2D eigenvalue weighted by atomic mass is 9.89. The first-order valence-electron chi connectivity index (χ1n) is 11.1. The van der Waals surface area contributed by atoms with Crippen molar-refractivity contribution in [3.63, 3.8) is 0 Å². The second-order valence-corrected chi connectivity index (χ2v) is 8.56. The van der Waals surface area contributed by atoms with Gasteiger partial charge >= 0.3 is 6.18 Å². The Morgan fingerprint density at radius 3 is 2.53 bits per heavy atom. The molecule has 1 saturated carbocycles. The number of nitrogens with zero attached hydrogens (tertiary/aromatic N) is 2. The molecule has 2 heterocycles. The maximum Gasteiger partial charge on any atom is 0.416 e. The van der Waals surface area contributed by atoms with Gasteiger partial charge < -0.3 is 25.2 Å². The molecule has 1 amide bonds. The number of rotatable bonds is 7. The van der Waals surface area contributed by atoms with E-state index < -0.39 is 24.1 Å². The van der Waals surface area contributed by atoms with E-state index in [1.54, 1.807) is 13.0 Å². The van der Waals surface area contributed by atoms with Gasteiger partial charge in [0.05, 0.1) is 42.6 Å². The van der Waals surface area contributed by atoms with E-state index in [1.165, 1.54) is 13.0 Å². The zero-order valence-electron chi connectivity index (χ0n) is 18.9. The molecule has 1 saturated heterocycles. The topological polar surface area (TPSA) is 106 Å². The minimum absolute atomic E-state index is 0.0498. The first-order chi connectivity index (χ1) is 16.1. The Balaban J connectivity index is 1.59. The van der Waals surface area contributed by atoms with Gasteiger partial charge in [-0.3, -0.25) is 4.79 Å². The highest BCUT2D eigenvalue weighted by Crippen LogP contribution is 2.34. The Bertz CT molecular complexity index is 1050. The van der Waals surface area contributed by atoms with Crippen molar-refractivity contribution >= 4 is 11.7 Å². The van der Waals surface area contributed by atoms with Gasteiger partial charge in [-0.25, -0.2) is 9.97 Å². The number of benzene rings is 1. The number of hydrogen-bond donors (Lipinski definition) is 3. The van der Waals surface area contributed by atoms with E-state index in [0.717, 1.165) is 6.07 Å². The predicted octanol–water partition coefficient (Wildman–Crippen LogP) is 2.95. The molecule has 4 rings (SSSR count). The summed E-state index contributed by atoms with van der Waals surface area (Å²) in [7, 11) is 0. The van der Waals surface area contributed by atoms with Crippen LogP contribution in [-0.2, 0) is 33.4 Å². The lowest BCUT2D eigenvalue weighted by Crippen LogP contribution is -2.47. The van der Waals surface area contributed by atoms with Crippen LogP contribution in [0.4, 0.5) is 19.0 Å². The third-order valence-corrected chi connectivity index (χ3v) is 6.00. The molecule has 184 valence electrons. The van der Waals surface area contributed by atoms with Crippen molar-refractivity contribution in [3.05, 3.63) is 52.0 Å². The third kappa shape index (κ3) is 5.48. The molecule has 2 aliphatic rings. The molecule has 0 unspecified atom stereocenters. The van der Waals surface area contributed by atoms with Crippen LogP contribution in [0.3, 0.4) is 0 Å². The number of alkyl halides is 3. The van der Waals surface area contributed by atoms with Gasteiger partial charge in [0.15, 0.2) is 6.29 Å². The van der Waals surface area contributed by atoms with Crippen LogP contribution in [0.25, 0.3) is 0 Å². The van der Waals surface area contributed by atoms with Crippen LogP contribution in [0.1, 0.15) is 52.9 Å². The maximum absolute atomic E-state index is 13.3. The summed E-state index contributed by atoms with van der Waals surface area (Å²) in [6.07, 6.45) is -4.65. The number of halogens is 3. The molecule has 0 radical (unpaired) electrons. The van der Waals surface area contributed by atoms with Crippen molar-refractivity contribution in [1.29, 1.82) is 0 Å². The number of amides is 1. The van der Waals surface area contributed by atoms with Crippen molar-refractivity contribution in [2.24, 2.45) is 0 Å². The van der Waals surface area contributed by atoms with Gasteiger partial charge in [0.2, 0.25) is 5.91 Å². The predicted molar refractivity (Wildman–Crippen MR) is 116 cm³/mol. The van der Waals surface area contributed by atoms with Crippen molar-refractivity contribution in [2.75, 3.05) is 18.5 Å². The minimum Gasteiger partial charge on any atom is -0.393 e. The van der Waals surface area contributed by atoms with Crippen LogP contribution in [0, 0.1) is 13.8 Å². The van der Waals surface area contributed by atoms with E-state index in [-0.39, 0.29) is 30.5 Å². The number of aliphatic hydroxyl groups excluding tert-OH is 1. The highest BCUT2D eigenvalue weighted by atomic mass is 19.4. The fourth-order valence-electron chi connectivity index (χ4n) is 4.18. The molecule has 1 aromatic carbocycles. The molecule has 8 nitrogen and oxygen atoms in total. The second kappa shape index (κ2) is 9.85. The summed E-state index contributed by atoms with van der Waals surface area (Å²) in [6, 6.07) is 3.97. The molecular formula is C23H27F3N4O4. The normalized spacial score (nSPS) is 20.8. The van der Waals surface area contributed by atoms with E-state index >= 15 is 0 Å². The van der Waals surface area contributed by atoms with E-state index in [0.29, 0.717) is 54.5 Å². The number of aliphatic hydroxyl groups is 1. The fourth-order valence-corrected chi connectivity index (χ4v) is 4.18. The summed E-state index contributed by atoms with van der Waals surface area (Å²) >= 11 is 0. The summed E-state index contributed by atoms with van der Waals surface area (Å²) < 4.78 is 51.2. The fraction of sp³-hybridized carbons (Fsp3) is 0.522. The summed E-state index contributed by atoms with van der Waals surface area (Å²) in [5.74, 6) is 0.485. The van der Waals surface area contributed by atoms with Crippen LogP contribution in [0.2, 0.25) is 0 Å². The van der Waals surface area contributed by atoms with Crippen LogP contribution in [0.15, 0.2) is 18.2 Å². The number of nitrogens with one attached hydrogen (secondary N) is 2. The van der Waals surface area contributed by atoms with Crippen LogP contribution < -0.4 is 10.6 Å². The Kier molecular flexibility index (Phi) is 7.06. The first kappa shape index (κ1) is 24.4. The Hall–Kier alpha value is -2.76. The molecule has 2 fully saturated rings. The average molecular weight is 480 g/mol. The van der Waals surface area contributed by atoms with Crippen LogP contribution >= 0.6 is 0 Å². The van der Waals surface area contributed by atoms with Crippen LogP contribution in [-0.4, -0.2) is 46.3 Å². The number of anilines is 1. The maximum atomic E-state index is 13.3. The zero-order valence-corrected chi connectivity index (χ0v) is 18.9. The smallest absolute Gasteiger partial charge is 0.393 e. The van der Waals surface area contributed by atoms with Crippen molar-refractivity contribution in [1.82, 2.24) is 15.3 Å². The molecule has 34 heavy (non-hydrogen) atoms. The van der Waals surface area contributed by atoms with Gasteiger partial charge in [0, 0.05) is 12.6 Å². The first-order valence-corrected chi connectivity index (χ1v) is 11.1. The van der Waals surface area contributed by atoms with E-state index in [9.17, 15) is 23.1 Å². The lowest BCUT2D eigenvalue weighted by Gasteiger charge is -2.32. The molecule has 11 heteroatoms. The molecule has 3 N–H and O–H groups in total. The van der Waals surface area contributed by atoms with E-state index in [1.807, 2.05) is 0 Å². The molecule has 1 aliphatic carbocycles. The summed E-state index contributed by atoms with van der Waals surface area (Å²) in [5, 5.41) is 15.4. The van der Waals surface area contributed by atoms with Crippen molar-refractivity contribution in [3.8, 4) is 0 Å². The van der Waals surface area contributed by atoms with Gasteiger partial charge in [-0.1, -0.05) is 12.1 Å². The number of aromatic nitrogens is 2. The third-order valence-electron chi connectivity index (χ3n) is 6.00. The molecule has 0 atom stereocenters. The monoisotopic (exact) mass is 480 g/mol. The number of hydrogen-bond acceptors (Lipinski definition) is 7. The molecular weight excluding hydrogens is 453 g/mol. The summed E-state index contributed by atoms with van der Waals surface area (Å²) in [6.45, 7) is 3.90. The number of ether oxygens (including phenoxy) is 2. The lowest BCUT2D eigenvalue weighted by molar-refractivity contribution is -0.138. The van der Waals surface area contributed by atoms with E-state index in [2.05, 4.69) is 20.6 Å². The highest BCUT2D eigenvalue weighted by Gasteiger charge is 2.33. The van der Waals surface area contributed by atoms with Crippen LogP contribution in [0.5, 0.6) is 0 Å². The van der Waals surface area contributed by atoms with Crippen molar-refractivity contribution in [2.45, 2.75) is 64.3 Å². The molecule has 0 bridgehead atoms. The molecule has 2 aromatic rings. The summed E-state index contributed by atoms with van der Waals surface area (Å²) in [5.41, 5.74) is 0.780. The highest BCUT2D eigenvalue weighted by molar-refractivity contribution is 5.79. The average Bonchev–Trinajstić information content (AvgIpc) is 3.25. The van der Waals surface area contributed by atoms with Gasteiger partial charge in [-0.2, -0.15) is 13.2 Å². The number of carbonyl (C=O) groups is 1. The number of carbonyl (C=O) groups excluding carboxylic acids is 1. The van der Waals surface area contributed by atoms with Gasteiger partial charge in [-0.05, 0) is 43.9 Å². The van der Waals surface area contributed by atoms with Gasteiger partial charge in [0.1, 0.15) is 11.6 Å². The Morgan fingerprint density at radius 1 is 1.18 bits per heavy atom. The molecule has 1 aliphatic heterocycles. The summed E-state index contributed by atoms with van der Waals surface area (Å²) in [4.78, 5) is 21.5. The Labute approximate surface area is 194 Å².